The molecule has 0 heterocycles. The van der Waals surface area contributed by atoms with Crippen LogP contribution in [0.15, 0.2) is 53.0 Å². The van der Waals surface area contributed by atoms with Crippen molar-refractivity contribution >= 4 is 21.6 Å². The van der Waals surface area contributed by atoms with Gasteiger partial charge in [0, 0.05) is 16.7 Å². The third-order valence-corrected chi connectivity index (χ3v) is 3.15. The molecule has 0 fully saturated rings. The second-order valence-corrected chi connectivity index (χ2v) is 4.97. The quantitative estimate of drug-likeness (QED) is 0.827. The smallest absolute Gasteiger partial charge is 0.381 e. The van der Waals surface area contributed by atoms with Crippen molar-refractivity contribution in [1.29, 1.82) is 0 Å². The summed E-state index contributed by atoms with van der Waals surface area (Å²) in [6.07, 6.45) is -4.28. The molecule has 0 amide bonds. The Morgan fingerprint density at radius 3 is 2.00 bits per heavy atom. The molecule has 0 saturated heterocycles. The van der Waals surface area contributed by atoms with Gasteiger partial charge in [-0.2, -0.15) is 13.2 Å². The first-order valence-corrected chi connectivity index (χ1v) is 6.40. The van der Waals surface area contributed by atoms with Crippen LogP contribution in [0.1, 0.15) is 11.1 Å². The average Bonchev–Trinajstić information content (AvgIpc) is 2.37. The number of halogens is 4. The van der Waals surface area contributed by atoms with Crippen LogP contribution in [0.2, 0.25) is 0 Å². The Balaban J connectivity index is 1.98. The summed E-state index contributed by atoms with van der Waals surface area (Å²) < 4.78 is 38.1. The number of alkyl halides is 3. The minimum Gasteiger partial charge on any atom is -0.381 e. The number of hydrogen-bond acceptors (Lipinski definition) is 1. The molecule has 1 nitrogen and oxygen atoms in total. The number of hydrogen-bond donors (Lipinski definition) is 1. The van der Waals surface area contributed by atoms with E-state index in [0.717, 1.165) is 27.9 Å². The zero-order valence-electron chi connectivity index (χ0n) is 9.84. The van der Waals surface area contributed by atoms with E-state index in [1.54, 1.807) is 0 Å². The molecule has 19 heavy (non-hydrogen) atoms. The molecule has 0 bridgehead atoms. The van der Waals surface area contributed by atoms with Gasteiger partial charge in [0.15, 0.2) is 0 Å². The van der Waals surface area contributed by atoms with Crippen molar-refractivity contribution in [2.45, 2.75) is 12.7 Å². The molecule has 5 heteroatoms. The average molecular weight is 330 g/mol. The highest BCUT2D eigenvalue weighted by Gasteiger charge is 2.29. The Hall–Kier alpha value is -1.49. The van der Waals surface area contributed by atoms with Gasteiger partial charge in [0.1, 0.15) is 0 Å². The fourth-order valence-electron chi connectivity index (χ4n) is 1.58. The first kappa shape index (κ1) is 13.9. The molecular formula is C14H11BrF3N. The zero-order chi connectivity index (χ0) is 13.9. The Morgan fingerprint density at radius 1 is 0.895 bits per heavy atom. The first-order chi connectivity index (χ1) is 8.95. The van der Waals surface area contributed by atoms with E-state index in [4.69, 9.17) is 0 Å². The predicted molar refractivity (Wildman–Crippen MR) is 72.9 cm³/mol. The van der Waals surface area contributed by atoms with Gasteiger partial charge in [0.2, 0.25) is 0 Å². The van der Waals surface area contributed by atoms with E-state index in [2.05, 4.69) is 21.2 Å². The summed E-state index contributed by atoms with van der Waals surface area (Å²) in [5, 5.41) is 3.14. The molecular weight excluding hydrogens is 319 g/mol. The van der Waals surface area contributed by atoms with Crippen LogP contribution in [0.25, 0.3) is 0 Å². The molecule has 0 aliphatic carbocycles. The summed E-state index contributed by atoms with van der Waals surface area (Å²) in [6.45, 7) is 0.486. The first-order valence-electron chi connectivity index (χ1n) is 5.61. The van der Waals surface area contributed by atoms with E-state index >= 15 is 0 Å². The summed E-state index contributed by atoms with van der Waals surface area (Å²) in [4.78, 5) is 0. The van der Waals surface area contributed by atoms with Crippen LogP contribution < -0.4 is 5.32 Å². The van der Waals surface area contributed by atoms with Crippen LogP contribution in [0.3, 0.4) is 0 Å². The lowest BCUT2D eigenvalue weighted by Crippen LogP contribution is -2.05. The SMILES string of the molecule is FC(F)(F)c1ccc(CNc2ccc(Br)cc2)cc1. The Bertz CT molecular complexity index is 532. The van der Waals surface area contributed by atoms with Gasteiger partial charge in [0.25, 0.3) is 0 Å². The minimum atomic E-state index is -4.28. The summed E-state index contributed by atoms with van der Waals surface area (Å²) in [6, 6.07) is 12.7. The topological polar surface area (TPSA) is 12.0 Å². The van der Waals surface area contributed by atoms with Crippen LogP contribution in [0, 0.1) is 0 Å². The van der Waals surface area contributed by atoms with Crippen LogP contribution >= 0.6 is 15.9 Å². The number of benzene rings is 2. The van der Waals surface area contributed by atoms with Crippen LogP contribution in [-0.2, 0) is 12.7 Å². The van der Waals surface area contributed by atoms with Gasteiger partial charge in [0.05, 0.1) is 5.56 Å². The Labute approximate surface area is 117 Å². The fraction of sp³-hybridized carbons (Fsp3) is 0.143. The van der Waals surface area contributed by atoms with Gasteiger partial charge < -0.3 is 5.32 Å². The van der Waals surface area contributed by atoms with Crippen molar-refractivity contribution in [3.05, 3.63) is 64.1 Å². The molecule has 0 saturated carbocycles. The molecule has 0 aliphatic rings. The minimum absolute atomic E-state index is 0.486. The van der Waals surface area contributed by atoms with Gasteiger partial charge >= 0.3 is 6.18 Å². The molecule has 2 rings (SSSR count). The summed E-state index contributed by atoms with van der Waals surface area (Å²) in [7, 11) is 0. The maximum Gasteiger partial charge on any atom is 0.416 e. The van der Waals surface area contributed by atoms with E-state index in [0.29, 0.717) is 6.54 Å². The van der Waals surface area contributed by atoms with E-state index in [-0.39, 0.29) is 0 Å². The van der Waals surface area contributed by atoms with Gasteiger partial charge in [-0.25, -0.2) is 0 Å². The fourth-order valence-corrected chi connectivity index (χ4v) is 1.85. The summed E-state index contributed by atoms with van der Waals surface area (Å²) >= 11 is 3.33. The monoisotopic (exact) mass is 329 g/mol. The molecule has 0 atom stereocenters. The summed E-state index contributed by atoms with van der Waals surface area (Å²) in [5.74, 6) is 0. The molecule has 0 spiro atoms. The van der Waals surface area contributed by atoms with Crippen LogP contribution in [0.5, 0.6) is 0 Å². The summed E-state index contributed by atoms with van der Waals surface area (Å²) in [5.41, 5.74) is 1.10. The second-order valence-electron chi connectivity index (χ2n) is 4.06. The van der Waals surface area contributed by atoms with E-state index in [1.165, 1.54) is 12.1 Å². The van der Waals surface area contributed by atoms with Crippen molar-refractivity contribution in [2.24, 2.45) is 0 Å². The van der Waals surface area contributed by atoms with E-state index < -0.39 is 11.7 Å². The van der Waals surface area contributed by atoms with Gasteiger partial charge in [-0.05, 0) is 42.0 Å². The van der Waals surface area contributed by atoms with Crippen molar-refractivity contribution in [3.63, 3.8) is 0 Å². The molecule has 1 N–H and O–H groups in total. The molecule has 2 aromatic carbocycles. The lowest BCUT2D eigenvalue weighted by molar-refractivity contribution is -0.137. The highest BCUT2D eigenvalue weighted by Crippen LogP contribution is 2.29. The maximum atomic E-state index is 12.4. The highest BCUT2D eigenvalue weighted by molar-refractivity contribution is 9.10. The predicted octanol–water partition coefficient (Wildman–Crippen LogP) is 5.08. The normalized spacial score (nSPS) is 11.4. The lowest BCUT2D eigenvalue weighted by atomic mass is 10.1. The molecule has 0 aliphatic heterocycles. The van der Waals surface area contributed by atoms with Crippen molar-refractivity contribution < 1.29 is 13.2 Å². The molecule has 0 aromatic heterocycles. The molecule has 0 radical (unpaired) electrons. The Morgan fingerprint density at radius 2 is 1.47 bits per heavy atom. The van der Waals surface area contributed by atoms with Crippen LogP contribution in [0.4, 0.5) is 18.9 Å². The van der Waals surface area contributed by atoms with Crippen molar-refractivity contribution in [2.75, 3.05) is 5.32 Å². The Kier molecular flexibility index (Phi) is 4.14. The zero-order valence-corrected chi connectivity index (χ0v) is 11.4. The van der Waals surface area contributed by atoms with Gasteiger partial charge in [-0.15, -0.1) is 0 Å². The third-order valence-electron chi connectivity index (χ3n) is 2.62. The number of rotatable bonds is 3. The lowest BCUT2D eigenvalue weighted by Gasteiger charge is -2.09. The van der Waals surface area contributed by atoms with E-state index in [9.17, 15) is 13.2 Å². The largest absolute Gasteiger partial charge is 0.416 e. The second kappa shape index (κ2) is 5.65. The van der Waals surface area contributed by atoms with Crippen LogP contribution in [-0.4, -0.2) is 0 Å². The van der Waals surface area contributed by atoms with Gasteiger partial charge in [-0.3, -0.25) is 0 Å². The van der Waals surface area contributed by atoms with Crippen molar-refractivity contribution in [3.8, 4) is 0 Å². The number of anilines is 1. The van der Waals surface area contributed by atoms with Gasteiger partial charge in [-0.1, -0.05) is 28.1 Å². The number of nitrogens with one attached hydrogen (secondary N) is 1. The van der Waals surface area contributed by atoms with Crippen molar-refractivity contribution in [1.82, 2.24) is 0 Å². The highest BCUT2D eigenvalue weighted by atomic mass is 79.9. The van der Waals surface area contributed by atoms with E-state index in [1.807, 2.05) is 24.3 Å². The molecule has 2 aromatic rings. The third kappa shape index (κ3) is 3.99. The standard InChI is InChI=1S/C14H11BrF3N/c15-12-5-7-13(8-6-12)19-9-10-1-3-11(4-2-10)14(16,17)18/h1-8,19H,9H2. The molecule has 100 valence electrons. The molecule has 0 unspecified atom stereocenters. The maximum absolute atomic E-state index is 12.4.